The Balaban J connectivity index is 2.05. The molecule has 0 radical (unpaired) electrons. The summed E-state index contributed by atoms with van der Waals surface area (Å²) in [6, 6.07) is 6.44. The average molecular weight is 292 g/mol. The summed E-state index contributed by atoms with van der Waals surface area (Å²) in [6.45, 7) is 2.51. The predicted octanol–water partition coefficient (Wildman–Crippen LogP) is 2.64. The Labute approximate surface area is 120 Å². The molecule has 0 aliphatic carbocycles. The van der Waals surface area contributed by atoms with Crippen LogP contribution in [0.25, 0.3) is 0 Å². The smallest absolute Gasteiger partial charge is 0.271 e. The molecule has 0 spiro atoms. The summed E-state index contributed by atoms with van der Waals surface area (Å²) in [7, 11) is 0. The lowest BCUT2D eigenvalue weighted by Gasteiger charge is -2.06. The molecule has 7 heteroatoms. The van der Waals surface area contributed by atoms with Crippen LogP contribution in [0.3, 0.4) is 0 Å². The average Bonchev–Trinajstić information content (AvgIpc) is 2.49. The van der Waals surface area contributed by atoms with Crippen LogP contribution in [0.15, 0.2) is 30.3 Å². The molecule has 0 aliphatic rings. The lowest BCUT2D eigenvalue weighted by Crippen LogP contribution is -2.25. The molecule has 0 fully saturated rings. The van der Waals surface area contributed by atoms with Gasteiger partial charge >= 0.3 is 0 Å². The number of rotatable bonds is 5. The number of aromatic nitrogens is 2. The first-order valence-corrected chi connectivity index (χ1v) is 6.44. The molecule has 21 heavy (non-hydrogen) atoms. The Morgan fingerprint density at radius 2 is 1.95 bits per heavy atom. The van der Waals surface area contributed by atoms with Crippen molar-refractivity contribution in [2.75, 3.05) is 11.9 Å². The molecule has 0 aliphatic heterocycles. The third-order valence-electron chi connectivity index (χ3n) is 2.62. The van der Waals surface area contributed by atoms with Crippen LogP contribution in [0.1, 0.15) is 23.8 Å². The summed E-state index contributed by atoms with van der Waals surface area (Å²) in [4.78, 5) is 11.6. The third kappa shape index (κ3) is 3.95. The summed E-state index contributed by atoms with van der Waals surface area (Å²) in [5, 5.41) is 13.0. The van der Waals surface area contributed by atoms with Crippen LogP contribution in [-0.4, -0.2) is 22.6 Å². The van der Waals surface area contributed by atoms with Gasteiger partial charge in [-0.1, -0.05) is 6.92 Å². The van der Waals surface area contributed by atoms with E-state index in [-0.39, 0.29) is 11.6 Å². The highest BCUT2D eigenvalue weighted by molar-refractivity contribution is 5.92. The van der Waals surface area contributed by atoms with Gasteiger partial charge in [0.2, 0.25) is 0 Å². The van der Waals surface area contributed by atoms with Gasteiger partial charge < -0.3 is 10.6 Å². The van der Waals surface area contributed by atoms with Crippen molar-refractivity contribution in [1.82, 2.24) is 15.5 Å². The number of nitrogens with zero attached hydrogens (tertiary/aromatic N) is 2. The Morgan fingerprint density at radius 3 is 2.57 bits per heavy atom. The second-order valence-electron chi connectivity index (χ2n) is 4.31. The van der Waals surface area contributed by atoms with Crippen LogP contribution < -0.4 is 10.6 Å². The fourth-order valence-electron chi connectivity index (χ4n) is 1.57. The molecule has 0 saturated carbocycles. The van der Waals surface area contributed by atoms with Crippen molar-refractivity contribution in [3.05, 3.63) is 47.7 Å². The molecular formula is C14H14F2N4O. The molecule has 1 amide bonds. The van der Waals surface area contributed by atoms with Crippen molar-refractivity contribution in [1.29, 1.82) is 0 Å². The van der Waals surface area contributed by atoms with Crippen LogP contribution in [0.5, 0.6) is 0 Å². The van der Waals surface area contributed by atoms with Gasteiger partial charge in [-0.3, -0.25) is 4.79 Å². The van der Waals surface area contributed by atoms with E-state index in [2.05, 4.69) is 20.8 Å². The number of nitrogens with one attached hydrogen (secondary N) is 2. The molecular weight excluding hydrogens is 278 g/mol. The topological polar surface area (TPSA) is 66.9 Å². The van der Waals surface area contributed by atoms with E-state index in [9.17, 15) is 13.6 Å². The van der Waals surface area contributed by atoms with E-state index in [1.807, 2.05) is 6.92 Å². The van der Waals surface area contributed by atoms with Crippen LogP contribution in [0.2, 0.25) is 0 Å². The zero-order chi connectivity index (χ0) is 15.2. The largest absolute Gasteiger partial charge is 0.351 e. The highest BCUT2D eigenvalue weighted by Crippen LogP contribution is 2.17. The van der Waals surface area contributed by atoms with Gasteiger partial charge in [-0.25, -0.2) is 8.78 Å². The Morgan fingerprint density at radius 1 is 1.14 bits per heavy atom. The second-order valence-corrected chi connectivity index (χ2v) is 4.31. The van der Waals surface area contributed by atoms with E-state index in [4.69, 9.17) is 0 Å². The van der Waals surface area contributed by atoms with Gasteiger partial charge in [0.1, 0.15) is 0 Å². The minimum atomic E-state index is -0.955. The van der Waals surface area contributed by atoms with Crippen LogP contribution in [0, 0.1) is 11.6 Å². The van der Waals surface area contributed by atoms with E-state index in [0.717, 1.165) is 18.6 Å². The van der Waals surface area contributed by atoms with Gasteiger partial charge in [-0.15, -0.1) is 10.2 Å². The second kappa shape index (κ2) is 6.74. The number of halogens is 2. The molecule has 2 aromatic rings. The quantitative estimate of drug-likeness (QED) is 0.889. The minimum absolute atomic E-state index is 0.194. The summed E-state index contributed by atoms with van der Waals surface area (Å²) in [5.74, 6) is -1.85. The number of benzene rings is 1. The molecule has 0 atom stereocenters. The van der Waals surface area contributed by atoms with Crippen molar-refractivity contribution in [2.45, 2.75) is 13.3 Å². The standard InChI is InChI=1S/C14H14F2N4O/c1-2-7-17-14(21)12-5-6-13(20-19-12)18-9-3-4-10(15)11(16)8-9/h3-6,8H,2,7H2,1H3,(H,17,21)(H,18,20). The zero-order valence-electron chi connectivity index (χ0n) is 11.4. The molecule has 0 bridgehead atoms. The SMILES string of the molecule is CCCNC(=O)c1ccc(Nc2ccc(F)c(F)c2)nn1. The Bertz CT molecular complexity index is 631. The van der Waals surface area contributed by atoms with Crippen molar-refractivity contribution >= 4 is 17.4 Å². The summed E-state index contributed by atoms with van der Waals surface area (Å²) in [5.41, 5.74) is 0.533. The lowest BCUT2D eigenvalue weighted by atomic mass is 10.3. The number of hydrogen-bond acceptors (Lipinski definition) is 4. The molecule has 2 rings (SSSR count). The van der Waals surface area contributed by atoms with Gasteiger partial charge in [0.25, 0.3) is 5.91 Å². The van der Waals surface area contributed by atoms with Crippen LogP contribution in [0.4, 0.5) is 20.3 Å². The summed E-state index contributed by atoms with van der Waals surface area (Å²) >= 11 is 0. The van der Waals surface area contributed by atoms with Crippen LogP contribution in [-0.2, 0) is 0 Å². The van der Waals surface area contributed by atoms with E-state index in [0.29, 0.717) is 18.1 Å². The minimum Gasteiger partial charge on any atom is -0.351 e. The third-order valence-corrected chi connectivity index (χ3v) is 2.62. The highest BCUT2D eigenvalue weighted by Gasteiger charge is 2.08. The van der Waals surface area contributed by atoms with E-state index in [1.54, 1.807) is 0 Å². The van der Waals surface area contributed by atoms with E-state index < -0.39 is 11.6 Å². The highest BCUT2D eigenvalue weighted by atomic mass is 19.2. The van der Waals surface area contributed by atoms with Gasteiger partial charge in [-0.2, -0.15) is 0 Å². The molecule has 110 valence electrons. The molecule has 2 N–H and O–H groups in total. The fourth-order valence-corrected chi connectivity index (χ4v) is 1.57. The fraction of sp³-hybridized carbons (Fsp3) is 0.214. The zero-order valence-corrected chi connectivity index (χ0v) is 11.4. The number of anilines is 2. The molecule has 1 aromatic heterocycles. The maximum absolute atomic E-state index is 13.1. The molecule has 1 aromatic carbocycles. The molecule has 5 nitrogen and oxygen atoms in total. The number of hydrogen-bond donors (Lipinski definition) is 2. The maximum Gasteiger partial charge on any atom is 0.271 e. The first-order valence-electron chi connectivity index (χ1n) is 6.44. The van der Waals surface area contributed by atoms with E-state index >= 15 is 0 Å². The number of amides is 1. The van der Waals surface area contributed by atoms with Crippen molar-refractivity contribution in [3.63, 3.8) is 0 Å². The van der Waals surface area contributed by atoms with Crippen molar-refractivity contribution in [2.24, 2.45) is 0 Å². The number of carbonyl (C=O) groups is 1. The van der Waals surface area contributed by atoms with Gasteiger partial charge in [0, 0.05) is 18.3 Å². The van der Waals surface area contributed by atoms with Gasteiger partial charge in [0.15, 0.2) is 23.1 Å². The predicted molar refractivity (Wildman–Crippen MR) is 74.3 cm³/mol. The summed E-state index contributed by atoms with van der Waals surface area (Å²) in [6.07, 6.45) is 0.828. The van der Waals surface area contributed by atoms with Crippen molar-refractivity contribution in [3.8, 4) is 0 Å². The summed E-state index contributed by atoms with van der Waals surface area (Å²) < 4.78 is 25.9. The molecule has 0 unspecified atom stereocenters. The molecule has 0 saturated heterocycles. The number of carbonyl (C=O) groups excluding carboxylic acids is 1. The van der Waals surface area contributed by atoms with Crippen LogP contribution >= 0.6 is 0 Å². The van der Waals surface area contributed by atoms with Crippen molar-refractivity contribution < 1.29 is 13.6 Å². The first kappa shape index (κ1) is 14.8. The molecule has 1 heterocycles. The van der Waals surface area contributed by atoms with Gasteiger partial charge in [0.05, 0.1) is 0 Å². The maximum atomic E-state index is 13.1. The Hall–Kier alpha value is -2.57. The normalized spacial score (nSPS) is 10.2. The first-order chi connectivity index (χ1) is 10.1. The monoisotopic (exact) mass is 292 g/mol. The lowest BCUT2D eigenvalue weighted by molar-refractivity contribution is 0.0947. The Kier molecular flexibility index (Phi) is 4.76. The van der Waals surface area contributed by atoms with Gasteiger partial charge in [-0.05, 0) is 30.7 Å². The van der Waals surface area contributed by atoms with E-state index in [1.165, 1.54) is 18.2 Å².